The van der Waals surface area contributed by atoms with E-state index >= 15 is 0 Å². The van der Waals surface area contributed by atoms with E-state index in [4.69, 9.17) is 10.8 Å². The lowest BCUT2D eigenvalue weighted by molar-refractivity contribution is -0.138. The Morgan fingerprint density at radius 3 is 3.00 bits per heavy atom. The van der Waals surface area contributed by atoms with Crippen LogP contribution in [0.3, 0.4) is 0 Å². The molecule has 3 N–H and O–H groups in total. The van der Waals surface area contributed by atoms with Crippen molar-refractivity contribution >= 4 is 33.2 Å². The zero-order chi connectivity index (χ0) is 11.7. The molecule has 2 rings (SSSR count). The maximum Gasteiger partial charge on any atom is 0.320 e. The van der Waals surface area contributed by atoms with E-state index in [1.807, 2.05) is 18.2 Å². The summed E-state index contributed by atoms with van der Waals surface area (Å²) in [5.41, 5.74) is 8.17. The second-order valence-electron chi connectivity index (χ2n) is 3.59. The first-order chi connectivity index (χ1) is 7.58. The molecule has 0 spiro atoms. The molecule has 0 amide bonds. The van der Waals surface area contributed by atoms with Crippen LogP contribution in [0.1, 0.15) is 12.0 Å². The molecule has 0 fully saturated rings. The quantitative estimate of drug-likeness (QED) is 0.888. The number of hydrogen-bond acceptors (Lipinski definition) is 2. The lowest BCUT2D eigenvalue weighted by Gasteiger charge is -2.07. The third-order valence-corrected chi connectivity index (χ3v) is 2.92. The van der Waals surface area contributed by atoms with Crippen molar-refractivity contribution in [3.8, 4) is 0 Å². The van der Waals surface area contributed by atoms with Gasteiger partial charge in [0.2, 0.25) is 0 Å². The molecule has 4 nitrogen and oxygen atoms in total. The number of benzene rings is 1. The van der Waals surface area contributed by atoms with Crippen LogP contribution in [-0.2, 0) is 4.79 Å². The van der Waals surface area contributed by atoms with E-state index < -0.39 is 12.0 Å². The molecular formula is C11H10BrN2O2. The third-order valence-electron chi connectivity index (χ3n) is 2.42. The first-order valence-electron chi connectivity index (χ1n) is 4.76. The summed E-state index contributed by atoms with van der Waals surface area (Å²) in [5.74, 6) is -0.994. The summed E-state index contributed by atoms with van der Waals surface area (Å²) in [5, 5.41) is 13.0. The highest BCUT2D eigenvalue weighted by atomic mass is 79.9. The molecule has 1 atom stereocenters. The smallest absolute Gasteiger partial charge is 0.320 e. The van der Waals surface area contributed by atoms with Gasteiger partial charge < -0.3 is 10.8 Å². The highest BCUT2D eigenvalue weighted by Gasteiger charge is 2.20. The Morgan fingerprint density at radius 1 is 1.56 bits per heavy atom. The van der Waals surface area contributed by atoms with Crippen LogP contribution in [-0.4, -0.2) is 17.1 Å². The summed E-state index contributed by atoms with van der Waals surface area (Å²) >= 11 is 3.36. The van der Waals surface area contributed by atoms with Gasteiger partial charge in [-0.3, -0.25) is 10.1 Å². The lowest BCUT2D eigenvalue weighted by Crippen LogP contribution is -2.30. The summed E-state index contributed by atoms with van der Waals surface area (Å²) in [6.07, 6.45) is 1.98. The fourth-order valence-corrected chi connectivity index (χ4v) is 1.94. The molecule has 83 valence electrons. The number of carboxylic acid groups (broad SMARTS) is 1. The lowest BCUT2D eigenvalue weighted by atomic mass is 10.0. The van der Waals surface area contributed by atoms with Crippen LogP contribution >= 0.6 is 15.9 Å². The van der Waals surface area contributed by atoms with Crippen molar-refractivity contribution in [2.75, 3.05) is 0 Å². The van der Waals surface area contributed by atoms with Gasteiger partial charge in [-0.1, -0.05) is 22.0 Å². The van der Waals surface area contributed by atoms with Gasteiger partial charge in [0, 0.05) is 22.7 Å². The molecule has 1 radical (unpaired) electrons. The zero-order valence-electron chi connectivity index (χ0n) is 8.35. The number of halogens is 1. The second-order valence-corrected chi connectivity index (χ2v) is 4.51. The van der Waals surface area contributed by atoms with Gasteiger partial charge in [-0.15, -0.1) is 0 Å². The van der Waals surface area contributed by atoms with Gasteiger partial charge in [0.05, 0.1) is 5.69 Å². The first-order valence-corrected chi connectivity index (χ1v) is 5.55. The Morgan fingerprint density at radius 2 is 2.31 bits per heavy atom. The molecule has 1 aliphatic rings. The van der Waals surface area contributed by atoms with Gasteiger partial charge in [0.25, 0.3) is 0 Å². The average Bonchev–Trinajstić information content (AvgIpc) is 2.60. The SMILES string of the molecule is NC(CC1=C[N]c2cc(Br)ccc21)C(=O)O. The Hall–Kier alpha value is -1.33. The third kappa shape index (κ3) is 2.10. The van der Waals surface area contributed by atoms with Crippen LogP contribution in [0.2, 0.25) is 0 Å². The molecule has 0 aromatic heterocycles. The first kappa shape index (κ1) is 11.2. The van der Waals surface area contributed by atoms with Crippen LogP contribution < -0.4 is 11.1 Å². The standard InChI is InChI=1S/C11H10BrN2O2/c12-7-1-2-8-6(3-9(13)11(15)16)5-14-10(8)4-7/h1-2,4-5,9H,3,13H2,(H,15,16). The number of nitrogens with zero attached hydrogens (tertiary/aromatic N) is 1. The van der Waals surface area contributed by atoms with Crippen molar-refractivity contribution in [3.63, 3.8) is 0 Å². The molecule has 1 aliphatic heterocycles. The van der Waals surface area contributed by atoms with Gasteiger partial charge in [0.1, 0.15) is 6.04 Å². The molecular weight excluding hydrogens is 272 g/mol. The highest BCUT2D eigenvalue weighted by Crippen LogP contribution is 2.34. The molecule has 0 saturated carbocycles. The molecule has 5 heteroatoms. The molecule has 0 bridgehead atoms. The summed E-state index contributed by atoms with van der Waals surface area (Å²) in [6, 6.07) is 4.83. The summed E-state index contributed by atoms with van der Waals surface area (Å²) in [7, 11) is 0. The molecule has 1 unspecified atom stereocenters. The molecule has 0 aliphatic carbocycles. The number of carbonyl (C=O) groups is 1. The van der Waals surface area contributed by atoms with E-state index in [9.17, 15) is 4.79 Å². The summed E-state index contributed by atoms with van der Waals surface area (Å²) < 4.78 is 0.951. The second kappa shape index (κ2) is 4.27. The van der Waals surface area contributed by atoms with Crippen molar-refractivity contribution in [1.82, 2.24) is 5.32 Å². The van der Waals surface area contributed by atoms with Crippen LogP contribution in [0.5, 0.6) is 0 Å². The average molecular weight is 282 g/mol. The Labute approximate surface area is 101 Å². The number of nitrogens with two attached hydrogens (primary N) is 1. The van der Waals surface area contributed by atoms with E-state index in [0.717, 1.165) is 21.3 Å². The van der Waals surface area contributed by atoms with Crippen LogP contribution in [0.15, 0.2) is 28.9 Å². The minimum absolute atomic E-state index is 0.299. The van der Waals surface area contributed by atoms with E-state index in [-0.39, 0.29) is 0 Å². The number of rotatable bonds is 3. The van der Waals surface area contributed by atoms with Crippen molar-refractivity contribution in [1.29, 1.82) is 0 Å². The minimum atomic E-state index is -0.994. The van der Waals surface area contributed by atoms with E-state index in [2.05, 4.69) is 21.2 Å². The number of fused-ring (bicyclic) bond motifs is 1. The highest BCUT2D eigenvalue weighted by molar-refractivity contribution is 9.10. The molecule has 1 heterocycles. The topological polar surface area (TPSA) is 77.4 Å². The van der Waals surface area contributed by atoms with Crippen molar-refractivity contribution < 1.29 is 9.90 Å². The predicted molar refractivity (Wildman–Crippen MR) is 64.1 cm³/mol. The zero-order valence-corrected chi connectivity index (χ0v) is 9.94. The van der Waals surface area contributed by atoms with Crippen molar-refractivity contribution in [3.05, 3.63) is 34.4 Å². The van der Waals surface area contributed by atoms with E-state index in [1.54, 1.807) is 6.20 Å². The van der Waals surface area contributed by atoms with E-state index in [1.165, 1.54) is 0 Å². The van der Waals surface area contributed by atoms with Gasteiger partial charge in [-0.05, 0) is 17.7 Å². The molecule has 0 saturated heterocycles. The predicted octanol–water partition coefficient (Wildman–Crippen LogP) is 1.84. The summed E-state index contributed by atoms with van der Waals surface area (Å²) in [6.45, 7) is 0. The van der Waals surface area contributed by atoms with Crippen LogP contribution in [0.4, 0.5) is 5.69 Å². The summed E-state index contributed by atoms with van der Waals surface area (Å²) in [4.78, 5) is 10.7. The number of hydrogen-bond donors (Lipinski definition) is 2. The largest absolute Gasteiger partial charge is 0.480 e. The van der Waals surface area contributed by atoms with Gasteiger partial charge >= 0.3 is 5.97 Å². The van der Waals surface area contributed by atoms with Crippen molar-refractivity contribution in [2.45, 2.75) is 12.5 Å². The Bertz CT molecular complexity index is 471. The Kier molecular flexibility index (Phi) is 2.98. The fourth-order valence-electron chi connectivity index (χ4n) is 1.59. The minimum Gasteiger partial charge on any atom is -0.480 e. The van der Waals surface area contributed by atoms with Crippen LogP contribution in [0.25, 0.3) is 5.57 Å². The maximum atomic E-state index is 10.7. The van der Waals surface area contributed by atoms with Crippen molar-refractivity contribution in [2.24, 2.45) is 5.73 Å². The fraction of sp³-hybridized carbons (Fsp3) is 0.182. The number of aliphatic carboxylic acids is 1. The normalized spacial score (nSPS) is 15.0. The Balaban J connectivity index is 2.20. The number of carboxylic acids is 1. The van der Waals surface area contributed by atoms with E-state index in [0.29, 0.717) is 6.42 Å². The van der Waals surface area contributed by atoms with Gasteiger partial charge in [0.15, 0.2) is 0 Å². The molecule has 1 aromatic carbocycles. The monoisotopic (exact) mass is 281 g/mol. The molecule has 16 heavy (non-hydrogen) atoms. The van der Waals surface area contributed by atoms with Gasteiger partial charge in [-0.2, -0.15) is 0 Å². The maximum absolute atomic E-state index is 10.7. The van der Waals surface area contributed by atoms with Crippen LogP contribution in [0, 0.1) is 0 Å². The molecule has 1 aromatic rings. The van der Waals surface area contributed by atoms with Gasteiger partial charge in [-0.25, -0.2) is 0 Å².